The van der Waals surface area contributed by atoms with Crippen molar-refractivity contribution in [1.29, 1.82) is 0 Å². The van der Waals surface area contributed by atoms with Crippen LogP contribution in [0.3, 0.4) is 0 Å². The summed E-state index contributed by atoms with van der Waals surface area (Å²) in [6, 6.07) is 11.3. The van der Waals surface area contributed by atoms with Crippen molar-refractivity contribution in [1.82, 2.24) is 14.8 Å². The number of aryl methyl sites for hydroxylation is 1. The fourth-order valence-corrected chi connectivity index (χ4v) is 5.04. The first-order valence-corrected chi connectivity index (χ1v) is 11.7. The number of hydrogen-bond acceptors (Lipinski definition) is 7. The summed E-state index contributed by atoms with van der Waals surface area (Å²) in [5.41, 5.74) is 2.64. The quantitative estimate of drug-likeness (QED) is 0.440. The van der Waals surface area contributed by atoms with Crippen LogP contribution in [0.2, 0.25) is 0 Å². The number of rotatable bonds is 5. The minimum absolute atomic E-state index is 0.162. The number of esters is 1. The second-order valence-corrected chi connectivity index (χ2v) is 8.79. The summed E-state index contributed by atoms with van der Waals surface area (Å²) in [5.74, 6) is 0.203. The fourth-order valence-electron chi connectivity index (χ4n) is 5.04. The van der Waals surface area contributed by atoms with Crippen molar-refractivity contribution in [3.05, 3.63) is 71.2 Å². The van der Waals surface area contributed by atoms with E-state index in [1.165, 1.54) is 0 Å². The van der Waals surface area contributed by atoms with Gasteiger partial charge in [0.2, 0.25) is 0 Å². The Morgan fingerprint density at radius 2 is 1.79 bits per heavy atom. The predicted octanol–water partition coefficient (Wildman–Crippen LogP) is 4.51. The molecule has 7 heteroatoms. The van der Waals surface area contributed by atoms with Gasteiger partial charge in [0.05, 0.1) is 12.6 Å². The van der Waals surface area contributed by atoms with Crippen LogP contribution in [-0.4, -0.2) is 65.7 Å². The van der Waals surface area contributed by atoms with Crippen LogP contribution in [0.1, 0.15) is 40.2 Å². The Morgan fingerprint density at radius 3 is 2.47 bits per heavy atom. The number of phenols is 1. The SMILES string of the molecule is CCOC(=O)c1c(C)oc2c1c([C@@H](c1ccncc1)N1CCN(C)CC1)c(O)c1ccccc12. The van der Waals surface area contributed by atoms with Crippen LogP contribution in [0.4, 0.5) is 0 Å². The van der Waals surface area contributed by atoms with E-state index in [-0.39, 0.29) is 18.4 Å². The number of phenolic OH excluding ortho intramolecular Hbond substituents is 1. The predicted molar refractivity (Wildman–Crippen MR) is 131 cm³/mol. The molecule has 1 aliphatic heterocycles. The van der Waals surface area contributed by atoms with Gasteiger partial charge in [0, 0.05) is 60.3 Å². The van der Waals surface area contributed by atoms with Crippen molar-refractivity contribution in [2.45, 2.75) is 19.9 Å². The lowest BCUT2D eigenvalue weighted by atomic mass is 9.89. The number of carbonyl (C=O) groups is 1. The largest absolute Gasteiger partial charge is 0.507 e. The average molecular weight is 460 g/mol. The number of carbonyl (C=O) groups excluding carboxylic acids is 1. The van der Waals surface area contributed by atoms with Crippen molar-refractivity contribution in [2.75, 3.05) is 39.8 Å². The van der Waals surface area contributed by atoms with Gasteiger partial charge < -0.3 is 19.2 Å². The molecule has 0 amide bonds. The Morgan fingerprint density at radius 1 is 1.12 bits per heavy atom. The molecule has 1 aliphatic rings. The monoisotopic (exact) mass is 459 g/mol. The maximum atomic E-state index is 13.1. The molecule has 0 radical (unpaired) electrons. The first-order valence-electron chi connectivity index (χ1n) is 11.7. The summed E-state index contributed by atoms with van der Waals surface area (Å²) in [7, 11) is 2.11. The standard InChI is InChI=1S/C27H29N3O4/c1-4-33-27(32)21-17(2)34-26-20-8-6-5-7-19(20)25(31)23(22(21)26)24(18-9-11-28-12-10-18)30-15-13-29(3)14-16-30/h5-12,24,31H,4,13-16H2,1-3H3/t24-/m1/s1. The minimum atomic E-state index is -0.443. The van der Waals surface area contributed by atoms with E-state index in [9.17, 15) is 9.90 Å². The number of ether oxygens (including phenoxy) is 1. The van der Waals surface area contributed by atoms with Gasteiger partial charge in [0.15, 0.2) is 0 Å². The summed E-state index contributed by atoms with van der Waals surface area (Å²) in [4.78, 5) is 22.0. The Bertz CT molecular complexity index is 1340. The number of piperazine rings is 1. The van der Waals surface area contributed by atoms with Crippen LogP contribution >= 0.6 is 0 Å². The molecule has 0 unspecified atom stereocenters. The van der Waals surface area contributed by atoms with E-state index in [1.54, 1.807) is 26.2 Å². The van der Waals surface area contributed by atoms with E-state index in [4.69, 9.17) is 9.15 Å². The Labute approximate surface area is 198 Å². The highest BCUT2D eigenvalue weighted by Gasteiger charge is 2.34. The van der Waals surface area contributed by atoms with Gasteiger partial charge in [0.1, 0.15) is 22.7 Å². The lowest BCUT2D eigenvalue weighted by Crippen LogP contribution is -2.46. The van der Waals surface area contributed by atoms with E-state index < -0.39 is 5.97 Å². The van der Waals surface area contributed by atoms with E-state index in [0.717, 1.165) is 37.1 Å². The molecule has 0 bridgehead atoms. The van der Waals surface area contributed by atoms with Crippen LogP contribution in [-0.2, 0) is 4.74 Å². The fraction of sp³-hybridized carbons (Fsp3) is 0.333. The van der Waals surface area contributed by atoms with Crippen LogP contribution < -0.4 is 0 Å². The van der Waals surface area contributed by atoms with E-state index in [1.807, 2.05) is 36.4 Å². The topological polar surface area (TPSA) is 79.0 Å². The van der Waals surface area contributed by atoms with Gasteiger partial charge in [-0.3, -0.25) is 9.88 Å². The summed E-state index contributed by atoms with van der Waals surface area (Å²) in [6.45, 7) is 7.28. The normalized spacial score (nSPS) is 16.2. The molecular weight excluding hydrogens is 430 g/mol. The van der Waals surface area contributed by atoms with Gasteiger partial charge in [0.25, 0.3) is 0 Å². The van der Waals surface area contributed by atoms with Crippen LogP contribution in [0.15, 0.2) is 53.2 Å². The maximum absolute atomic E-state index is 13.1. The number of likely N-dealkylation sites (N-methyl/N-ethyl adjacent to an activating group) is 1. The lowest BCUT2D eigenvalue weighted by Gasteiger charge is -2.39. The number of aromatic hydroxyl groups is 1. The maximum Gasteiger partial charge on any atom is 0.342 e. The van der Waals surface area contributed by atoms with Gasteiger partial charge >= 0.3 is 5.97 Å². The first-order chi connectivity index (χ1) is 16.5. The zero-order chi connectivity index (χ0) is 23.8. The summed E-state index contributed by atoms with van der Waals surface area (Å²) >= 11 is 0. The van der Waals surface area contributed by atoms with Crippen molar-refractivity contribution in [2.24, 2.45) is 0 Å². The molecule has 0 aliphatic carbocycles. The molecule has 5 rings (SSSR count). The number of fused-ring (bicyclic) bond motifs is 3. The third-order valence-corrected chi connectivity index (χ3v) is 6.71. The zero-order valence-electron chi connectivity index (χ0n) is 19.7. The van der Waals surface area contributed by atoms with E-state index >= 15 is 0 Å². The lowest BCUT2D eigenvalue weighted by molar-refractivity contribution is 0.0526. The van der Waals surface area contributed by atoms with E-state index in [0.29, 0.717) is 33.2 Å². The molecule has 34 heavy (non-hydrogen) atoms. The van der Waals surface area contributed by atoms with Gasteiger partial charge in [-0.2, -0.15) is 0 Å². The highest BCUT2D eigenvalue weighted by Crippen LogP contribution is 2.47. The first kappa shape index (κ1) is 22.4. The molecule has 1 atom stereocenters. The molecule has 4 aromatic rings. The minimum Gasteiger partial charge on any atom is -0.507 e. The molecule has 2 aromatic carbocycles. The highest BCUT2D eigenvalue weighted by molar-refractivity contribution is 6.16. The van der Waals surface area contributed by atoms with E-state index in [2.05, 4.69) is 21.8 Å². The smallest absolute Gasteiger partial charge is 0.342 e. The molecule has 1 fully saturated rings. The molecule has 0 spiro atoms. The Balaban J connectivity index is 1.87. The average Bonchev–Trinajstić information content (AvgIpc) is 3.20. The number of aromatic nitrogens is 1. The second kappa shape index (κ2) is 9.08. The number of pyridine rings is 1. The Hall–Kier alpha value is -3.42. The molecule has 3 heterocycles. The van der Waals surface area contributed by atoms with Crippen LogP contribution in [0.5, 0.6) is 5.75 Å². The molecule has 1 N–H and O–H groups in total. The van der Waals surface area contributed by atoms with Crippen molar-refractivity contribution >= 4 is 27.7 Å². The number of nitrogens with zero attached hydrogens (tertiary/aromatic N) is 3. The molecule has 2 aromatic heterocycles. The Kier molecular flexibility index (Phi) is 5.98. The summed E-state index contributed by atoms with van der Waals surface area (Å²) < 4.78 is 11.6. The summed E-state index contributed by atoms with van der Waals surface area (Å²) in [5, 5.41) is 13.8. The summed E-state index contributed by atoms with van der Waals surface area (Å²) in [6.07, 6.45) is 3.53. The molecule has 7 nitrogen and oxygen atoms in total. The van der Waals surface area contributed by atoms with Crippen molar-refractivity contribution in [3.63, 3.8) is 0 Å². The van der Waals surface area contributed by atoms with Crippen molar-refractivity contribution < 1.29 is 19.1 Å². The third kappa shape index (κ3) is 3.71. The number of furan rings is 1. The van der Waals surface area contributed by atoms with Gasteiger partial charge in [-0.1, -0.05) is 24.3 Å². The zero-order valence-corrected chi connectivity index (χ0v) is 19.7. The van der Waals surface area contributed by atoms with Crippen LogP contribution in [0.25, 0.3) is 21.7 Å². The van der Waals surface area contributed by atoms with Gasteiger partial charge in [-0.05, 0) is 38.6 Å². The molecule has 0 saturated carbocycles. The number of benzene rings is 2. The van der Waals surface area contributed by atoms with Crippen molar-refractivity contribution in [3.8, 4) is 5.75 Å². The molecule has 1 saturated heterocycles. The van der Waals surface area contributed by atoms with Gasteiger partial charge in [-0.15, -0.1) is 0 Å². The third-order valence-electron chi connectivity index (χ3n) is 6.71. The second-order valence-electron chi connectivity index (χ2n) is 8.79. The molecule has 176 valence electrons. The highest BCUT2D eigenvalue weighted by atomic mass is 16.5. The number of hydrogen-bond donors (Lipinski definition) is 1. The van der Waals surface area contributed by atoms with Crippen LogP contribution in [0, 0.1) is 6.92 Å². The molecular formula is C27H29N3O4. The van der Waals surface area contributed by atoms with Gasteiger partial charge in [-0.25, -0.2) is 4.79 Å².